The molecule has 0 aliphatic heterocycles. The summed E-state index contributed by atoms with van der Waals surface area (Å²) in [6.45, 7) is 0.193. The van der Waals surface area contributed by atoms with Gasteiger partial charge in [0.2, 0.25) is 15.9 Å². The Kier molecular flexibility index (Phi) is 5.74. The molecule has 0 aromatic heterocycles. The second-order valence-corrected chi connectivity index (χ2v) is 6.58. The molecular formula is C11H20N2O5S. The molecule has 1 aliphatic carbocycles. The van der Waals surface area contributed by atoms with Gasteiger partial charge in [0.05, 0.1) is 17.6 Å². The van der Waals surface area contributed by atoms with Gasteiger partial charge < -0.3 is 10.4 Å². The van der Waals surface area contributed by atoms with Crippen LogP contribution in [0, 0.1) is 11.8 Å². The van der Waals surface area contributed by atoms with Crippen LogP contribution in [0.2, 0.25) is 0 Å². The molecule has 0 spiro atoms. The molecule has 4 N–H and O–H groups in total. The van der Waals surface area contributed by atoms with Gasteiger partial charge in [0.1, 0.15) is 0 Å². The zero-order valence-corrected chi connectivity index (χ0v) is 11.5. The molecule has 0 saturated heterocycles. The monoisotopic (exact) mass is 292 g/mol. The lowest BCUT2D eigenvalue weighted by Crippen LogP contribution is -2.40. The van der Waals surface area contributed by atoms with E-state index in [1.807, 2.05) is 0 Å². The molecule has 1 saturated carbocycles. The molecule has 1 amide bonds. The van der Waals surface area contributed by atoms with E-state index in [4.69, 9.17) is 10.2 Å². The van der Waals surface area contributed by atoms with E-state index in [1.165, 1.54) is 0 Å². The first-order chi connectivity index (χ1) is 8.81. The van der Waals surface area contributed by atoms with Crippen LogP contribution in [0.3, 0.4) is 0 Å². The topological polar surface area (TPSA) is 127 Å². The molecule has 1 rings (SSSR count). The molecule has 0 bridgehead atoms. The van der Waals surface area contributed by atoms with E-state index in [9.17, 15) is 18.0 Å². The van der Waals surface area contributed by atoms with Crippen LogP contribution < -0.4 is 10.5 Å². The summed E-state index contributed by atoms with van der Waals surface area (Å²) < 4.78 is 21.4. The molecule has 1 fully saturated rings. The number of sulfonamides is 1. The van der Waals surface area contributed by atoms with Gasteiger partial charge in [0, 0.05) is 6.54 Å². The van der Waals surface area contributed by atoms with Gasteiger partial charge in [0.25, 0.3) is 0 Å². The number of carbonyl (C=O) groups excluding carboxylic acids is 1. The smallest absolute Gasteiger partial charge is 0.307 e. The van der Waals surface area contributed by atoms with Crippen LogP contribution in [0.4, 0.5) is 0 Å². The fourth-order valence-corrected chi connectivity index (χ4v) is 2.90. The summed E-state index contributed by atoms with van der Waals surface area (Å²) in [6.07, 6.45) is 2.99. The first-order valence-electron chi connectivity index (χ1n) is 6.32. The summed E-state index contributed by atoms with van der Waals surface area (Å²) in [6, 6.07) is 0. The second-order valence-electron chi connectivity index (χ2n) is 4.85. The Balaban J connectivity index is 2.41. The SMILES string of the molecule is NS(=O)(=O)CCCNC(=O)C1CCCCC1C(=O)O. The van der Waals surface area contributed by atoms with Gasteiger partial charge in [-0.3, -0.25) is 9.59 Å². The number of hydrogen-bond acceptors (Lipinski definition) is 4. The number of carboxylic acid groups (broad SMARTS) is 1. The van der Waals surface area contributed by atoms with Gasteiger partial charge in [-0.2, -0.15) is 0 Å². The maximum atomic E-state index is 11.9. The highest BCUT2D eigenvalue weighted by Crippen LogP contribution is 2.30. The maximum absolute atomic E-state index is 11.9. The van der Waals surface area contributed by atoms with Crippen molar-refractivity contribution in [2.24, 2.45) is 17.0 Å². The van der Waals surface area contributed by atoms with Crippen LogP contribution >= 0.6 is 0 Å². The Morgan fingerprint density at radius 1 is 1.21 bits per heavy atom. The summed E-state index contributed by atoms with van der Waals surface area (Å²) in [4.78, 5) is 22.9. The Morgan fingerprint density at radius 3 is 2.32 bits per heavy atom. The minimum absolute atomic E-state index is 0.193. The van der Waals surface area contributed by atoms with Gasteiger partial charge in [-0.1, -0.05) is 12.8 Å². The van der Waals surface area contributed by atoms with E-state index in [0.29, 0.717) is 12.8 Å². The molecular weight excluding hydrogens is 272 g/mol. The van der Waals surface area contributed by atoms with Crippen molar-refractivity contribution in [3.8, 4) is 0 Å². The van der Waals surface area contributed by atoms with E-state index in [1.54, 1.807) is 0 Å². The van der Waals surface area contributed by atoms with Crippen molar-refractivity contribution >= 4 is 21.9 Å². The highest BCUT2D eigenvalue weighted by Gasteiger charge is 2.35. The fourth-order valence-electron chi connectivity index (χ4n) is 2.36. The first kappa shape index (κ1) is 15.9. The Labute approximate surface area is 112 Å². The Morgan fingerprint density at radius 2 is 1.79 bits per heavy atom. The molecule has 7 nitrogen and oxygen atoms in total. The first-order valence-corrected chi connectivity index (χ1v) is 8.04. The van der Waals surface area contributed by atoms with Crippen LogP contribution in [0.5, 0.6) is 0 Å². The third-order valence-electron chi connectivity index (χ3n) is 3.32. The molecule has 8 heteroatoms. The number of aliphatic carboxylic acids is 1. The van der Waals surface area contributed by atoms with E-state index in [0.717, 1.165) is 12.8 Å². The Hall–Kier alpha value is -1.15. The molecule has 0 radical (unpaired) electrons. The van der Waals surface area contributed by atoms with Crippen LogP contribution in [0.1, 0.15) is 32.1 Å². The average Bonchev–Trinajstić information content (AvgIpc) is 2.33. The fraction of sp³-hybridized carbons (Fsp3) is 0.818. The molecule has 0 aromatic carbocycles. The number of carbonyl (C=O) groups is 2. The third kappa shape index (κ3) is 5.56. The summed E-state index contributed by atoms with van der Waals surface area (Å²) >= 11 is 0. The van der Waals surface area contributed by atoms with E-state index >= 15 is 0 Å². The lowest BCUT2D eigenvalue weighted by atomic mass is 9.79. The molecule has 2 atom stereocenters. The van der Waals surface area contributed by atoms with Crippen molar-refractivity contribution in [3.63, 3.8) is 0 Å². The van der Waals surface area contributed by atoms with E-state index in [2.05, 4.69) is 5.32 Å². The maximum Gasteiger partial charge on any atom is 0.307 e. The largest absolute Gasteiger partial charge is 0.481 e. The van der Waals surface area contributed by atoms with E-state index in [-0.39, 0.29) is 24.6 Å². The van der Waals surface area contributed by atoms with E-state index < -0.39 is 27.8 Å². The normalized spacial score (nSPS) is 23.8. The minimum Gasteiger partial charge on any atom is -0.481 e. The molecule has 2 unspecified atom stereocenters. The average molecular weight is 292 g/mol. The predicted molar refractivity (Wildman–Crippen MR) is 68.7 cm³/mol. The predicted octanol–water partition coefficient (Wildman–Crippen LogP) is -0.328. The van der Waals surface area contributed by atoms with Gasteiger partial charge >= 0.3 is 5.97 Å². The summed E-state index contributed by atoms with van der Waals surface area (Å²) in [5.74, 6) is -2.58. The lowest BCUT2D eigenvalue weighted by Gasteiger charge is -2.27. The van der Waals surface area contributed by atoms with Crippen molar-refractivity contribution < 1.29 is 23.1 Å². The van der Waals surface area contributed by atoms with Crippen molar-refractivity contribution in [1.29, 1.82) is 0 Å². The van der Waals surface area contributed by atoms with Crippen LogP contribution in [-0.4, -0.2) is 37.7 Å². The molecule has 0 heterocycles. The molecule has 110 valence electrons. The van der Waals surface area contributed by atoms with Gasteiger partial charge in [-0.05, 0) is 19.3 Å². The molecule has 0 aromatic rings. The van der Waals surface area contributed by atoms with Gasteiger partial charge in [0.15, 0.2) is 0 Å². The van der Waals surface area contributed by atoms with Gasteiger partial charge in [-0.15, -0.1) is 0 Å². The van der Waals surface area contributed by atoms with Crippen LogP contribution in [0.15, 0.2) is 0 Å². The number of nitrogens with two attached hydrogens (primary N) is 1. The summed E-state index contributed by atoms with van der Waals surface area (Å²) in [5, 5.41) is 16.5. The number of amides is 1. The number of rotatable bonds is 6. The van der Waals surface area contributed by atoms with Gasteiger partial charge in [-0.25, -0.2) is 13.6 Å². The quantitative estimate of drug-likeness (QED) is 0.578. The highest BCUT2D eigenvalue weighted by molar-refractivity contribution is 7.89. The zero-order chi connectivity index (χ0) is 14.5. The third-order valence-corrected chi connectivity index (χ3v) is 4.18. The highest BCUT2D eigenvalue weighted by atomic mass is 32.2. The number of carboxylic acids is 1. The Bertz CT molecular complexity index is 434. The standard InChI is InChI=1S/C11H20N2O5S/c12-19(17,18)7-3-6-13-10(14)8-4-1-2-5-9(8)11(15)16/h8-9H,1-7H2,(H,13,14)(H,15,16)(H2,12,17,18). The number of primary sulfonamides is 1. The number of hydrogen-bond donors (Lipinski definition) is 3. The van der Waals surface area contributed by atoms with Crippen LogP contribution in [0.25, 0.3) is 0 Å². The summed E-state index contributed by atoms with van der Waals surface area (Å²) in [5.41, 5.74) is 0. The molecule has 19 heavy (non-hydrogen) atoms. The summed E-state index contributed by atoms with van der Waals surface area (Å²) in [7, 11) is -3.52. The van der Waals surface area contributed by atoms with Crippen molar-refractivity contribution in [1.82, 2.24) is 5.32 Å². The minimum atomic E-state index is -3.52. The lowest BCUT2D eigenvalue weighted by molar-refractivity contribution is -0.148. The van der Waals surface area contributed by atoms with Crippen molar-refractivity contribution in [2.75, 3.05) is 12.3 Å². The molecule has 1 aliphatic rings. The van der Waals surface area contributed by atoms with Crippen molar-refractivity contribution in [3.05, 3.63) is 0 Å². The number of nitrogens with one attached hydrogen (secondary N) is 1. The second kappa shape index (κ2) is 6.85. The zero-order valence-electron chi connectivity index (χ0n) is 10.7. The van der Waals surface area contributed by atoms with Crippen LogP contribution in [-0.2, 0) is 19.6 Å². The van der Waals surface area contributed by atoms with Crippen molar-refractivity contribution in [2.45, 2.75) is 32.1 Å².